The Morgan fingerprint density at radius 1 is 1.54 bits per heavy atom. The molecule has 0 aliphatic rings. The van der Waals surface area contributed by atoms with Gasteiger partial charge in [0.25, 0.3) is 0 Å². The summed E-state index contributed by atoms with van der Waals surface area (Å²) in [5, 5.41) is 13.0. The average molecular weight is 198 g/mol. The lowest BCUT2D eigenvalue weighted by atomic mass is 10.3. The first-order valence-corrected chi connectivity index (χ1v) is 4.37. The molecule has 2 aromatic heterocycles. The van der Waals surface area contributed by atoms with Crippen molar-refractivity contribution in [1.82, 2.24) is 14.6 Å². The van der Waals surface area contributed by atoms with Gasteiger partial charge in [0.05, 0.1) is 24.4 Å². The number of aliphatic hydroxyl groups is 1. The fourth-order valence-electron chi connectivity index (χ4n) is 1.18. The van der Waals surface area contributed by atoms with Crippen LogP contribution in [0.1, 0.15) is 11.3 Å². The second-order valence-electron chi connectivity index (χ2n) is 2.65. The first-order chi connectivity index (χ1) is 6.35. The molecule has 0 saturated carbocycles. The molecule has 0 saturated heterocycles. The predicted molar refractivity (Wildman–Crippen MR) is 48.5 cm³/mol. The molecule has 2 heterocycles. The summed E-state index contributed by atoms with van der Waals surface area (Å²) in [7, 11) is 0. The molecule has 2 rings (SSSR count). The number of alkyl halides is 1. The van der Waals surface area contributed by atoms with Crippen molar-refractivity contribution < 1.29 is 5.11 Å². The van der Waals surface area contributed by atoms with E-state index in [1.165, 1.54) is 0 Å². The molecule has 2 aromatic rings. The second-order valence-corrected chi connectivity index (χ2v) is 2.92. The number of imidazole rings is 1. The van der Waals surface area contributed by atoms with Crippen molar-refractivity contribution in [2.75, 3.05) is 0 Å². The van der Waals surface area contributed by atoms with Crippen LogP contribution in [0.3, 0.4) is 0 Å². The lowest BCUT2D eigenvalue weighted by molar-refractivity contribution is 0.282. The van der Waals surface area contributed by atoms with E-state index in [2.05, 4.69) is 10.1 Å². The summed E-state index contributed by atoms with van der Waals surface area (Å²) < 4.78 is 1.61. The third-order valence-electron chi connectivity index (χ3n) is 1.80. The molecule has 0 amide bonds. The van der Waals surface area contributed by atoms with Crippen LogP contribution in [0.4, 0.5) is 0 Å². The average Bonchev–Trinajstić information content (AvgIpc) is 2.59. The van der Waals surface area contributed by atoms with E-state index in [-0.39, 0.29) is 6.61 Å². The number of aromatic nitrogens is 3. The number of halogens is 1. The molecule has 0 unspecified atom stereocenters. The van der Waals surface area contributed by atoms with Crippen LogP contribution in [-0.2, 0) is 12.5 Å². The number of hydrogen-bond donors (Lipinski definition) is 1. The van der Waals surface area contributed by atoms with Crippen molar-refractivity contribution in [3.63, 3.8) is 0 Å². The van der Waals surface area contributed by atoms with Crippen molar-refractivity contribution in [2.45, 2.75) is 12.5 Å². The molecule has 13 heavy (non-hydrogen) atoms. The van der Waals surface area contributed by atoms with Gasteiger partial charge in [0, 0.05) is 11.8 Å². The first kappa shape index (κ1) is 8.47. The summed E-state index contributed by atoms with van der Waals surface area (Å²) in [5.41, 5.74) is 2.18. The third-order valence-corrected chi connectivity index (χ3v) is 2.07. The van der Waals surface area contributed by atoms with Gasteiger partial charge in [0.15, 0.2) is 5.65 Å². The van der Waals surface area contributed by atoms with Crippen LogP contribution < -0.4 is 0 Å². The molecule has 4 nitrogen and oxygen atoms in total. The molecule has 1 N–H and O–H groups in total. The SMILES string of the molecule is OCc1ccnn2cc(CCl)nc12. The van der Waals surface area contributed by atoms with Gasteiger partial charge < -0.3 is 5.11 Å². The number of aliphatic hydroxyl groups excluding tert-OH is 1. The number of hydrogen-bond acceptors (Lipinski definition) is 3. The number of fused-ring (bicyclic) bond motifs is 1. The molecule has 0 aliphatic carbocycles. The standard InChI is InChI=1S/C8H8ClN3O/c9-3-7-4-12-8(11-7)6(5-13)1-2-10-12/h1-2,4,13H,3,5H2. The lowest BCUT2D eigenvalue weighted by Gasteiger charge is -1.96. The van der Waals surface area contributed by atoms with Crippen LogP contribution in [0, 0.1) is 0 Å². The van der Waals surface area contributed by atoms with Crippen LogP contribution >= 0.6 is 11.6 Å². The maximum absolute atomic E-state index is 9.00. The summed E-state index contributed by atoms with van der Waals surface area (Å²) in [5.74, 6) is 0.355. The smallest absolute Gasteiger partial charge is 0.159 e. The molecule has 0 atom stereocenters. The molecule has 0 fully saturated rings. The van der Waals surface area contributed by atoms with Crippen LogP contribution in [0.25, 0.3) is 5.65 Å². The van der Waals surface area contributed by atoms with Gasteiger partial charge in [0.2, 0.25) is 0 Å². The van der Waals surface area contributed by atoms with Crippen LogP contribution in [0.2, 0.25) is 0 Å². The molecule has 68 valence electrons. The summed E-state index contributed by atoms with van der Waals surface area (Å²) in [6.45, 7) is -0.0369. The summed E-state index contributed by atoms with van der Waals surface area (Å²) in [4.78, 5) is 4.21. The summed E-state index contributed by atoms with van der Waals surface area (Å²) in [6.07, 6.45) is 3.37. The van der Waals surface area contributed by atoms with E-state index in [0.717, 1.165) is 11.3 Å². The van der Waals surface area contributed by atoms with Gasteiger partial charge in [0.1, 0.15) is 0 Å². The highest BCUT2D eigenvalue weighted by Crippen LogP contribution is 2.10. The van der Waals surface area contributed by atoms with Crippen molar-refractivity contribution in [3.8, 4) is 0 Å². The summed E-state index contributed by atoms with van der Waals surface area (Å²) >= 11 is 5.63. The lowest BCUT2D eigenvalue weighted by Crippen LogP contribution is -1.94. The molecule has 0 spiro atoms. The molecule has 0 aliphatic heterocycles. The van der Waals surface area contributed by atoms with Crippen LogP contribution in [0.5, 0.6) is 0 Å². The Morgan fingerprint density at radius 3 is 3.08 bits per heavy atom. The van der Waals surface area contributed by atoms with E-state index in [1.54, 1.807) is 23.0 Å². The molecule has 0 bridgehead atoms. The van der Waals surface area contributed by atoms with Gasteiger partial charge in [-0.05, 0) is 6.07 Å². The van der Waals surface area contributed by atoms with Crippen LogP contribution in [-0.4, -0.2) is 19.7 Å². The monoisotopic (exact) mass is 197 g/mol. The van der Waals surface area contributed by atoms with Crippen molar-refractivity contribution in [1.29, 1.82) is 0 Å². The Kier molecular flexibility index (Phi) is 2.16. The zero-order chi connectivity index (χ0) is 9.26. The fourth-order valence-corrected chi connectivity index (χ4v) is 1.31. The van der Waals surface area contributed by atoms with E-state index in [1.807, 2.05) is 0 Å². The van der Waals surface area contributed by atoms with E-state index in [4.69, 9.17) is 16.7 Å². The second kappa shape index (κ2) is 3.32. The fraction of sp³-hybridized carbons (Fsp3) is 0.250. The maximum Gasteiger partial charge on any atom is 0.159 e. The van der Waals surface area contributed by atoms with Gasteiger partial charge >= 0.3 is 0 Å². The Morgan fingerprint density at radius 2 is 2.38 bits per heavy atom. The zero-order valence-electron chi connectivity index (χ0n) is 6.81. The normalized spacial score (nSPS) is 10.9. The van der Waals surface area contributed by atoms with Gasteiger partial charge in [-0.15, -0.1) is 11.6 Å². The molecule has 0 radical (unpaired) electrons. The molecular weight excluding hydrogens is 190 g/mol. The Hall–Kier alpha value is -1.13. The first-order valence-electron chi connectivity index (χ1n) is 3.84. The van der Waals surface area contributed by atoms with E-state index in [9.17, 15) is 0 Å². The van der Waals surface area contributed by atoms with E-state index < -0.39 is 0 Å². The van der Waals surface area contributed by atoms with Crippen LogP contribution in [0.15, 0.2) is 18.5 Å². The highest BCUT2D eigenvalue weighted by molar-refractivity contribution is 6.16. The summed E-state index contributed by atoms with van der Waals surface area (Å²) in [6, 6.07) is 1.74. The van der Waals surface area contributed by atoms with Gasteiger partial charge in [-0.1, -0.05) is 0 Å². The predicted octanol–water partition coefficient (Wildman–Crippen LogP) is 0.960. The van der Waals surface area contributed by atoms with Crippen molar-refractivity contribution >= 4 is 17.2 Å². The third kappa shape index (κ3) is 1.38. The molecule has 5 heteroatoms. The van der Waals surface area contributed by atoms with Crippen molar-refractivity contribution in [2.24, 2.45) is 0 Å². The minimum atomic E-state index is -0.0369. The maximum atomic E-state index is 9.00. The highest BCUT2D eigenvalue weighted by Gasteiger charge is 2.04. The minimum Gasteiger partial charge on any atom is -0.392 e. The minimum absolute atomic E-state index is 0.0369. The topological polar surface area (TPSA) is 50.4 Å². The molecule has 0 aromatic carbocycles. The quantitative estimate of drug-likeness (QED) is 0.730. The Bertz CT molecular complexity index is 426. The highest BCUT2D eigenvalue weighted by atomic mass is 35.5. The number of rotatable bonds is 2. The van der Waals surface area contributed by atoms with E-state index >= 15 is 0 Å². The zero-order valence-corrected chi connectivity index (χ0v) is 7.57. The van der Waals surface area contributed by atoms with Crippen molar-refractivity contribution in [3.05, 3.63) is 29.7 Å². The van der Waals surface area contributed by atoms with Gasteiger partial charge in [-0.2, -0.15) is 5.10 Å². The van der Waals surface area contributed by atoms with E-state index in [0.29, 0.717) is 11.5 Å². The Labute approximate surface area is 79.8 Å². The van der Waals surface area contributed by atoms with Gasteiger partial charge in [-0.25, -0.2) is 9.50 Å². The Balaban J connectivity index is 2.67. The largest absolute Gasteiger partial charge is 0.392 e. The molecular formula is C8H8ClN3O. The number of nitrogens with zero attached hydrogens (tertiary/aromatic N) is 3. The van der Waals surface area contributed by atoms with Gasteiger partial charge in [-0.3, -0.25) is 0 Å².